The zero-order valence-corrected chi connectivity index (χ0v) is 17.6. The summed E-state index contributed by atoms with van der Waals surface area (Å²) in [5.41, 5.74) is 5.22. The van der Waals surface area contributed by atoms with E-state index in [4.69, 9.17) is 27.9 Å². The predicted molar refractivity (Wildman–Crippen MR) is 116 cm³/mol. The molecule has 0 spiro atoms. The molecule has 3 amide bonds. The third-order valence-corrected chi connectivity index (χ3v) is 4.85. The number of ether oxygens (including phenoxy) is 1. The zero-order chi connectivity index (χ0) is 22.4. The van der Waals surface area contributed by atoms with Crippen LogP contribution in [-0.2, 0) is 0 Å². The number of hydrogen-bond donors (Lipinski definition) is 3. The number of nitrogens with one attached hydrogen (secondary N) is 3. The molecular formula is C21H16Cl2N4O4. The van der Waals surface area contributed by atoms with Crippen molar-refractivity contribution in [1.29, 1.82) is 0 Å². The first-order valence-electron chi connectivity index (χ1n) is 8.90. The zero-order valence-electron chi connectivity index (χ0n) is 16.1. The highest BCUT2D eigenvalue weighted by molar-refractivity contribution is 6.43. The van der Waals surface area contributed by atoms with E-state index in [1.165, 1.54) is 37.5 Å². The first kappa shape index (κ1) is 22.1. The largest absolute Gasteiger partial charge is 0.457 e. The fourth-order valence-electron chi connectivity index (χ4n) is 2.47. The molecule has 158 valence electrons. The van der Waals surface area contributed by atoms with Gasteiger partial charge in [0.1, 0.15) is 17.2 Å². The van der Waals surface area contributed by atoms with Crippen molar-refractivity contribution in [3.05, 3.63) is 87.7 Å². The molecular weight excluding hydrogens is 443 g/mol. The van der Waals surface area contributed by atoms with Gasteiger partial charge in [0.25, 0.3) is 17.7 Å². The summed E-state index contributed by atoms with van der Waals surface area (Å²) in [5.74, 6) is -0.621. The number of aromatic nitrogens is 1. The van der Waals surface area contributed by atoms with Crippen molar-refractivity contribution >= 4 is 40.9 Å². The summed E-state index contributed by atoms with van der Waals surface area (Å²) in [7, 11) is 1.51. The van der Waals surface area contributed by atoms with Crippen molar-refractivity contribution in [2.45, 2.75) is 0 Å². The fourth-order valence-corrected chi connectivity index (χ4v) is 2.86. The van der Waals surface area contributed by atoms with E-state index in [1.807, 2.05) is 0 Å². The topological polar surface area (TPSA) is 109 Å². The molecule has 0 unspecified atom stereocenters. The highest BCUT2D eigenvalue weighted by Crippen LogP contribution is 2.25. The van der Waals surface area contributed by atoms with Crippen LogP contribution in [0.3, 0.4) is 0 Å². The van der Waals surface area contributed by atoms with Crippen molar-refractivity contribution in [2.24, 2.45) is 0 Å². The average Bonchev–Trinajstić information content (AvgIpc) is 2.79. The first-order chi connectivity index (χ1) is 14.9. The Labute approximate surface area is 187 Å². The van der Waals surface area contributed by atoms with Crippen molar-refractivity contribution in [2.75, 3.05) is 7.05 Å². The molecule has 0 radical (unpaired) electrons. The third-order valence-electron chi connectivity index (χ3n) is 4.03. The standard InChI is InChI=1S/C21H16Cl2N4O4/c1-24-21(30)17-11-14(9-10-25-17)31-13-7-5-12(6-8-13)19(28)26-27-20(29)15-3-2-4-16(22)18(15)23/h2-11H,1H3,(H,24,30)(H,26,28)(H,27,29). The SMILES string of the molecule is CNC(=O)c1cc(Oc2ccc(C(=O)NNC(=O)c3cccc(Cl)c3Cl)cc2)ccn1. The number of carbonyl (C=O) groups excluding carboxylic acids is 3. The number of rotatable bonds is 5. The summed E-state index contributed by atoms with van der Waals surface area (Å²) in [6.07, 6.45) is 1.45. The Kier molecular flexibility index (Phi) is 7.07. The number of carbonyl (C=O) groups is 3. The van der Waals surface area contributed by atoms with Crippen LogP contribution in [0.1, 0.15) is 31.2 Å². The molecule has 3 N–H and O–H groups in total. The van der Waals surface area contributed by atoms with Crippen LogP contribution in [0.15, 0.2) is 60.8 Å². The highest BCUT2D eigenvalue weighted by atomic mass is 35.5. The number of amides is 3. The van der Waals surface area contributed by atoms with Gasteiger partial charge in [0.15, 0.2) is 0 Å². The molecule has 10 heteroatoms. The maximum Gasteiger partial charge on any atom is 0.271 e. The molecule has 0 aliphatic carbocycles. The van der Waals surface area contributed by atoms with Gasteiger partial charge in [-0.15, -0.1) is 0 Å². The van der Waals surface area contributed by atoms with E-state index >= 15 is 0 Å². The molecule has 0 saturated carbocycles. The number of hydrazine groups is 1. The Morgan fingerprint density at radius 1 is 0.871 bits per heavy atom. The van der Waals surface area contributed by atoms with Crippen molar-refractivity contribution in [3.63, 3.8) is 0 Å². The van der Waals surface area contributed by atoms with Gasteiger partial charge in [0.05, 0.1) is 15.6 Å². The van der Waals surface area contributed by atoms with Gasteiger partial charge in [-0.1, -0.05) is 29.3 Å². The van der Waals surface area contributed by atoms with E-state index in [9.17, 15) is 14.4 Å². The normalized spacial score (nSPS) is 10.2. The molecule has 31 heavy (non-hydrogen) atoms. The van der Waals surface area contributed by atoms with Gasteiger partial charge < -0.3 is 10.1 Å². The molecule has 0 atom stereocenters. The van der Waals surface area contributed by atoms with Crippen molar-refractivity contribution in [3.8, 4) is 11.5 Å². The Balaban J connectivity index is 1.61. The monoisotopic (exact) mass is 458 g/mol. The van der Waals surface area contributed by atoms with Crippen LogP contribution < -0.4 is 20.9 Å². The molecule has 3 aromatic rings. The van der Waals surface area contributed by atoms with Gasteiger partial charge >= 0.3 is 0 Å². The summed E-state index contributed by atoms with van der Waals surface area (Å²) in [4.78, 5) is 40.1. The minimum atomic E-state index is -0.606. The second-order valence-electron chi connectivity index (χ2n) is 6.09. The number of nitrogens with zero attached hydrogens (tertiary/aromatic N) is 1. The van der Waals surface area contributed by atoms with Crippen LogP contribution in [0.25, 0.3) is 0 Å². The summed E-state index contributed by atoms with van der Waals surface area (Å²) in [6, 6.07) is 13.9. The quantitative estimate of drug-likeness (QED) is 0.505. The average molecular weight is 459 g/mol. The maximum atomic E-state index is 12.3. The molecule has 1 aromatic heterocycles. The van der Waals surface area contributed by atoms with Gasteiger partial charge in [-0.25, -0.2) is 0 Å². The van der Waals surface area contributed by atoms with E-state index in [2.05, 4.69) is 21.2 Å². The third kappa shape index (κ3) is 5.50. The van der Waals surface area contributed by atoms with Gasteiger partial charge in [0, 0.05) is 24.9 Å². The maximum absolute atomic E-state index is 12.3. The lowest BCUT2D eigenvalue weighted by Crippen LogP contribution is -2.41. The molecule has 1 heterocycles. The Morgan fingerprint density at radius 3 is 2.29 bits per heavy atom. The molecule has 8 nitrogen and oxygen atoms in total. The predicted octanol–water partition coefficient (Wildman–Crippen LogP) is 3.62. The van der Waals surface area contributed by atoms with Crippen LogP contribution >= 0.6 is 23.2 Å². The number of halogens is 2. The summed E-state index contributed by atoms with van der Waals surface area (Å²) in [5, 5.41) is 2.80. The number of hydrogen-bond acceptors (Lipinski definition) is 5. The Bertz CT molecular complexity index is 1140. The van der Waals surface area contributed by atoms with E-state index in [1.54, 1.807) is 30.3 Å². The van der Waals surface area contributed by atoms with E-state index < -0.39 is 11.8 Å². The Hall–Kier alpha value is -3.62. The van der Waals surface area contributed by atoms with Crippen LogP contribution in [0.4, 0.5) is 0 Å². The fraction of sp³-hybridized carbons (Fsp3) is 0.0476. The van der Waals surface area contributed by atoms with Crippen LogP contribution in [0.2, 0.25) is 10.0 Å². The lowest BCUT2D eigenvalue weighted by Gasteiger charge is -2.10. The molecule has 0 saturated heterocycles. The number of pyridine rings is 1. The van der Waals surface area contributed by atoms with Crippen LogP contribution in [0, 0.1) is 0 Å². The van der Waals surface area contributed by atoms with E-state index in [0.717, 1.165) is 0 Å². The van der Waals surface area contributed by atoms with E-state index in [0.29, 0.717) is 11.5 Å². The summed E-state index contributed by atoms with van der Waals surface area (Å²) < 4.78 is 5.68. The van der Waals surface area contributed by atoms with Gasteiger partial charge in [-0.2, -0.15) is 0 Å². The van der Waals surface area contributed by atoms with Gasteiger partial charge in [0.2, 0.25) is 0 Å². The molecule has 3 rings (SSSR count). The number of benzene rings is 2. The van der Waals surface area contributed by atoms with E-state index in [-0.39, 0.29) is 32.8 Å². The molecule has 0 fully saturated rings. The first-order valence-corrected chi connectivity index (χ1v) is 9.65. The minimum Gasteiger partial charge on any atom is -0.457 e. The molecule has 0 bridgehead atoms. The smallest absolute Gasteiger partial charge is 0.271 e. The van der Waals surface area contributed by atoms with Crippen molar-refractivity contribution < 1.29 is 19.1 Å². The highest BCUT2D eigenvalue weighted by Gasteiger charge is 2.14. The second kappa shape index (κ2) is 9.92. The molecule has 0 aliphatic heterocycles. The van der Waals surface area contributed by atoms with Gasteiger partial charge in [-0.05, 0) is 42.5 Å². The summed E-state index contributed by atoms with van der Waals surface area (Å²) in [6.45, 7) is 0. The lowest BCUT2D eigenvalue weighted by atomic mass is 10.2. The molecule has 0 aliphatic rings. The second-order valence-corrected chi connectivity index (χ2v) is 6.88. The Morgan fingerprint density at radius 2 is 1.58 bits per heavy atom. The van der Waals surface area contributed by atoms with Gasteiger partial charge in [-0.3, -0.25) is 30.2 Å². The van der Waals surface area contributed by atoms with Crippen LogP contribution in [0.5, 0.6) is 11.5 Å². The minimum absolute atomic E-state index is 0.0908. The molecule has 2 aromatic carbocycles. The van der Waals surface area contributed by atoms with Crippen LogP contribution in [-0.4, -0.2) is 29.8 Å². The lowest BCUT2D eigenvalue weighted by molar-refractivity contribution is 0.0846. The van der Waals surface area contributed by atoms with Crippen molar-refractivity contribution in [1.82, 2.24) is 21.2 Å². The summed E-state index contributed by atoms with van der Waals surface area (Å²) >= 11 is 11.9.